The molecule has 1 aromatic heterocycles. The van der Waals surface area contributed by atoms with E-state index in [1.165, 1.54) is 11.1 Å². The first-order valence-electron chi connectivity index (χ1n) is 17.2. The van der Waals surface area contributed by atoms with Crippen molar-refractivity contribution in [3.63, 3.8) is 0 Å². The summed E-state index contributed by atoms with van der Waals surface area (Å²) in [5.74, 6) is 0.840. The number of likely N-dealkylation sites (N-methyl/N-ethyl adjacent to an activating group) is 1. The topological polar surface area (TPSA) is 62.7 Å². The molecule has 1 aliphatic carbocycles. The van der Waals surface area contributed by atoms with E-state index < -0.39 is 5.60 Å². The first-order chi connectivity index (χ1) is 23.1. The number of ether oxygens (including phenoxy) is 1. The van der Waals surface area contributed by atoms with Crippen LogP contribution in [0.2, 0.25) is 5.02 Å². The number of benzene rings is 3. The van der Waals surface area contributed by atoms with Gasteiger partial charge in [-0.05, 0) is 105 Å². The molecular formula is C41H50Cl2N2O3S. The van der Waals surface area contributed by atoms with Crippen LogP contribution in [0.1, 0.15) is 86.6 Å². The summed E-state index contributed by atoms with van der Waals surface area (Å²) in [7, 11) is 0. The van der Waals surface area contributed by atoms with Crippen LogP contribution in [0.3, 0.4) is 0 Å². The quantitative estimate of drug-likeness (QED) is 0.110. The van der Waals surface area contributed by atoms with E-state index in [0.29, 0.717) is 18.1 Å². The van der Waals surface area contributed by atoms with E-state index in [4.69, 9.17) is 21.3 Å². The van der Waals surface area contributed by atoms with Crippen molar-refractivity contribution in [3.8, 4) is 0 Å². The first kappa shape index (κ1) is 38.9. The molecule has 5 nitrogen and oxygen atoms in total. The number of carbonyl (C=O) groups excluding carboxylic acids is 1. The van der Waals surface area contributed by atoms with Gasteiger partial charge in [-0.15, -0.1) is 12.4 Å². The van der Waals surface area contributed by atoms with Crippen LogP contribution in [-0.4, -0.2) is 53.0 Å². The first-order valence-corrected chi connectivity index (χ1v) is 18.6. The highest BCUT2D eigenvalue weighted by Gasteiger charge is 2.45. The van der Waals surface area contributed by atoms with Gasteiger partial charge in [-0.2, -0.15) is 11.8 Å². The molecule has 3 aromatic carbocycles. The largest absolute Gasteiger partial charge is 0.464 e. The Kier molecular flexibility index (Phi) is 14.2. The van der Waals surface area contributed by atoms with Gasteiger partial charge in [-0.25, -0.2) is 4.98 Å². The second-order valence-corrected chi connectivity index (χ2v) is 15.2. The normalized spacial score (nSPS) is 14.6. The second kappa shape index (κ2) is 17.9. The molecule has 1 N–H and O–H groups in total. The van der Waals surface area contributed by atoms with E-state index in [2.05, 4.69) is 67.3 Å². The maximum Gasteiger partial charge on any atom is 0.306 e. The molecule has 0 radical (unpaired) electrons. The standard InChI is InChI=1S/C41H49ClN2O3S.ClH/c1-5-44(6-2)24-25-47-39(45)28-41(22-23-41)29-48-38(21-17-31-11-7-8-13-36(31)40(3,4)46)33-12-9-10-30(26-33)14-19-35-20-16-32-15-18-34(42)27-37(32)43-35;/h7-16,18-20,26-27,38,46H,5-6,17,21-25,28-29H2,1-4H3;1H/b19-14+;/t38-;/m1./s1. The van der Waals surface area contributed by atoms with Crippen molar-refractivity contribution in [1.29, 1.82) is 0 Å². The average molecular weight is 722 g/mol. The maximum absolute atomic E-state index is 12.8. The average Bonchev–Trinajstić information content (AvgIpc) is 3.84. The molecule has 1 aliphatic rings. The number of carbonyl (C=O) groups is 1. The Balaban J connectivity index is 0.00000541. The van der Waals surface area contributed by atoms with Gasteiger partial charge in [0.05, 0.1) is 23.2 Å². The molecule has 0 saturated heterocycles. The number of esters is 1. The van der Waals surface area contributed by atoms with Gasteiger partial charge < -0.3 is 14.7 Å². The number of fused-ring (bicyclic) bond motifs is 1. The minimum Gasteiger partial charge on any atom is -0.464 e. The summed E-state index contributed by atoms with van der Waals surface area (Å²) in [6.45, 7) is 11.1. The maximum atomic E-state index is 12.8. The lowest BCUT2D eigenvalue weighted by Crippen LogP contribution is -2.28. The van der Waals surface area contributed by atoms with E-state index in [0.717, 1.165) is 78.8 Å². The number of thioether (sulfide) groups is 1. The zero-order valence-electron chi connectivity index (χ0n) is 29.2. The Morgan fingerprint density at radius 3 is 2.53 bits per heavy atom. The number of aromatic nitrogens is 1. The molecule has 5 rings (SSSR count). The predicted octanol–water partition coefficient (Wildman–Crippen LogP) is 10.2. The minimum absolute atomic E-state index is 0. The number of nitrogens with zero attached hydrogens (tertiary/aromatic N) is 2. The highest BCUT2D eigenvalue weighted by atomic mass is 35.5. The van der Waals surface area contributed by atoms with Gasteiger partial charge in [0.15, 0.2) is 0 Å². The lowest BCUT2D eigenvalue weighted by atomic mass is 9.90. The van der Waals surface area contributed by atoms with Crippen LogP contribution in [0.15, 0.2) is 78.9 Å². The summed E-state index contributed by atoms with van der Waals surface area (Å²) in [4.78, 5) is 19.9. The van der Waals surface area contributed by atoms with Crippen molar-refractivity contribution in [1.82, 2.24) is 9.88 Å². The number of aliphatic hydroxyl groups is 1. The smallest absolute Gasteiger partial charge is 0.306 e. The fourth-order valence-corrected chi connectivity index (χ4v) is 7.96. The van der Waals surface area contributed by atoms with Gasteiger partial charge >= 0.3 is 5.97 Å². The van der Waals surface area contributed by atoms with Crippen LogP contribution in [0.4, 0.5) is 0 Å². The van der Waals surface area contributed by atoms with Crippen LogP contribution in [-0.2, 0) is 21.6 Å². The fraction of sp³-hybridized carbons (Fsp3) is 0.415. The third-order valence-corrected chi connectivity index (χ3v) is 11.3. The lowest BCUT2D eigenvalue weighted by molar-refractivity contribution is -0.145. The van der Waals surface area contributed by atoms with Crippen molar-refractivity contribution in [2.45, 2.75) is 70.7 Å². The lowest BCUT2D eigenvalue weighted by Gasteiger charge is -2.24. The number of pyridine rings is 1. The van der Waals surface area contributed by atoms with Crippen LogP contribution in [0.25, 0.3) is 23.1 Å². The Morgan fingerprint density at radius 2 is 1.80 bits per heavy atom. The van der Waals surface area contributed by atoms with Gasteiger partial charge in [0.1, 0.15) is 6.61 Å². The zero-order valence-corrected chi connectivity index (χ0v) is 31.6. The summed E-state index contributed by atoms with van der Waals surface area (Å²) in [5.41, 5.74) is 5.39. The summed E-state index contributed by atoms with van der Waals surface area (Å²) >= 11 is 8.17. The predicted molar refractivity (Wildman–Crippen MR) is 210 cm³/mol. The molecule has 1 heterocycles. The van der Waals surface area contributed by atoms with Gasteiger partial charge in [0, 0.05) is 28.0 Å². The molecule has 0 bridgehead atoms. The molecule has 1 saturated carbocycles. The molecule has 0 unspecified atom stereocenters. The minimum atomic E-state index is -0.907. The molecule has 0 aliphatic heterocycles. The molecule has 1 atom stereocenters. The number of rotatable bonds is 17. The Labute approximate surface area is 307 Å². The Hall–Kier alpha value is -2.87. The monoisotopic (exact) mass is 720 g/mol. The van der Waals surface area contributed by atoms with Crippen LogP contribution < -0.4 is 0 Å². The van der Waals surface area contributed by atoms with E-state index >= 15 is 0 Å². The van der Waals surface area contributed by atoms with Gasteiger partial charge in [-0.3, -0.25) is 4.79 Å². The van der Waals surface area contributed by atoms with E-state index in [1.54, 1.807) is 0 Å². The van der Waals surface area contributed by atoms with Crippen LogP contribution in [0, 0.1) is 5.41 Å². The Morgan fingerprint density at radius 1 is 1.04 bits per heavy atom. The number of hydrogen-bond donors (Lipinski definition) is 1. The number of hydrogen-bond acceptors (Lipinski definition) is 6. The fourth-order valence-electron chi connectivity index (χ4n) is 6.22. The van der Waals surface area contributed by atoms with Gasteiger partial charge in [0.25, 0.3) is 0 Å². The molecule has 4 aromatic rings. The molecule has 1 fully saturated rings. The zero-order chi connectivity index (χ0) is 34.1. The van der Waals surface area contributed by atoms with Gasteiger partial charge in [-0.1, -0.05) is 92.2 Å². The summed E-state index contributed by atoms with van der Waals surface area (Å²) < 4.78 is 5.67. The molecule has 262 valence electrons. The van der Waals surface area contributed by atoms with Crippen LogP contribution in [0.5, 0.6) is 0 Å². The molecular weight excluding hydrogens is 671 g/mol. The Bertz CT molecular complexity index is 1710. The van der Waals surface area contributed by atoms with Gasteiger partial charge in [0.2, 0.25) is 0 Å². The van der Waals surface area contributed by atoms with Crippen molar-refractivity contribution >= 4 is 64.8 Å². The summed E-state index contributed by atoms with van der Waals surface area (Å²) in [6, 6.07) is 26.8. The van der Waals surface area contributed by atoms with E-state index in [-0.39, 0.29) is 29.0 Å². The van der Waals surface area contributed by atoms with Crippen molar-refractivity contribution < 1.29 is 14.6 Å². The molecule has 0 amide bonds. The van der Waals surface area contributed by atoms with Crippen molar-refractivity contribution in [2.75, 3.05) is 32.0 Å². The molecule has 0 spiro atoms. The summed E-state index contributed by atoms with van der Waals surface area (Å²) in [6.07, 6.45) is 8.54. The number of halogens is 2. The third-order valence-electron chi connectivity index (χ3n) is 9.39. The summed E-state index contributed by atoms with van der Waals surface area (Å²) in [5, 5.41) is 12.8. The SMILES string of the molecule is CCN(CC)CCOC(=O)CC1(CS[C@H](CCc2ccccc2C(C)(C)O)c2cccc(/C=C/c3ccc4ccc(Cl)cc4n3)c2)CC1.Cl. The number of aryl methyl sites for hydroxylation is 1. The van der Waals surface area contributed by atoms with Crippen molar-refractivity contribution in [3.05, 3.63) is 112 Å². The molecule has 49 heavy (non-hydrogen) atoms. The van der Waals surface area contributed by atoms with E-state index in [9.17, 15) is 9.90 Å². The van der Waals surface area contributed by atoms with Crippen LogP contribution >= 0.6 is 35.8 Å². The molecule has 8 heteroatoms. The second-order valence-electron chi connectivity index (χ2n) is 13.6. The van der Waals surface area contributed by atoms with Crippen molar-refractivity contribution in [2.24, 2.45) is 5.41 Å². The highest BCUT2D eigenvalue weighted by molar-refractivity contribution is 7.99. The van der Waals surface area contributed by atoms with E-state index in [1.807, 2.05) is 68.1 Å². The highest BCUT2D eigenvalue weighted by Crippen LogP contribution is 2.53. The third kappa shape index (κ3) is 11.3.